The van der Waals surface area contributed by atoms with Gasteiger partial charge in [0.1, 0.15) is 5.60 Å². The third kappa shape index (κ3) is 7.38. The van der Waals surface area contributed by atoms with Gasteiger partial charge in [0, 0.05) is 0 Å². The molecule has 0 radical (unpaired) electrons. The first-order valence-electron chi connectivity index (χ1n) is 4.41. The largest absolute Gasteiger partial charge is 0.444 e. The fourth-order valence-electron chi connectivity index (χ4n) is 0.746. The van der Waals surface area contributed by atoms with Crippen molar-refractivity contribution >= 4 is 12.6 Å². The molecule has 1 N–H and O–H groups in total. The number of carbonyl (C=O) groups excluding carboxylic acids is 2. The number of alkyl carbamates (subject to hydrolysis) is 1. The summed E-state index contributed by atoms with van der Waals surface area (Å²) in [6, 6.07) is 0. The van der Waals surface area contributed by atoms with Crippen molar-refractivity contribution in [2.75, 3.05) is 0 Å². The summed E-state index contributed by atoms with van der Waals surface area (Å²) in [5, 5.41) is 2.32. The Morgan fingerprint density at radius 2 is 2.20 bits per heavy atom. The summed E-state index contributed by atoms with van der Waals surface area (Å²) in [7, 11) is 0. The van der Waals surface area contributed by atoms with Crippen LogP contribution in [0.4, 0.5) is 4.79 Å². The van der Waals surface area contributed by atoms with Crippen LogP contribution < -0.4 is 5.32 Å². The highest BCUT2D eigenvalue weighted by Crippen LogP contribution is 2.07. The van der Waals surface area contributed by atoms with E-state index in [0.717, 1.165) is 0 Å². The number of terminal acetylenes is 1. The minimum atomic E-state index is -0.845. The van der Waals surface area contributed by atoms with Crippen LogP contribution in [0.3, 0.4) is 0 Å². The van der Waals surface area contributed by atoms with Gasteiger partial charge in [0.05, 0.1) is 6.42 Å². The number of ether oxygens (including phenoxy) is 2. The van der Waals surface area contributed by atoms with Crippen molar-refractivity contribution in [2.45, 2.75) is 39.0 Å². The summed E-state index contributed by atoms with van der Waals surface area (Å²) < 4.78 is 9.48. The quantitative estimate of drug-likeness (QED) is 0.430. The molecule has 0 aliphatic rings. The Kier molecular flexibility index (Phi) is 5.24. The lowest BCUT2D eigenvalue weighted by molar-refractivity contribution is -0.134. The lowest BCUT2D eigenvalue weighted by atomic mass is 10.2. The first-order chi connectivity index (χ1) is 6.89. The third-order valence-corrected chi connectivity index (χ3v) is 1.20. The van der Waals surface area contributed by atoms with Crippen molar-refractivity contribution in [1.29, 1.82) is 0 Å². The Morgan fingerprint density at radius 1 is 1.60 bits per heavy atom. The minimum Gasteiger partial charge on any atom is -0.444 e. The third-order valence-electron chi connectivity index (χ3n) is 1.20. The van der Waals surface area contributed by atoms with Crippen LogP contribution >= 0.6 is 0 Å². The van der Waals surface area contributed by atoms with E-state index in [2.05, 4.69) is 16.0 Å². The van der Waals surface area contributed by atoms with Gasteiger partial charge in [-0.05, 0) is 20.8 Å². The van der Waals surface area contributed by atoms with Gasteiger partial charge in [-0.2, -0.15) is 0 Å². The van der Waals surface area contributed by atoms with Gasteiger partial charge in [-0.3, -0.25) is 10.1 Å². The maximum Gasteiger partial charge on any atom is 0.410 e. The number of hydrogen-bond acceptors (Lipinski definition) is 4. The number of nitrogens with one attached hydrogen (secondary N) is 1. The van der Waals surface area contributed by atoms with Crippen LogP contribution in [0.1, 0.15) is 27.2 Å². The lowest BCUT2D eigenvalue weighted by Crippen LogP contribution is -2.40. The normalized spacial score (nSPS) is 12.1. The molecule has 0 saturated heterocycles. The SMILES string of the molecule is C#CC[C@@H](NC(=O)OC(C)(C)C)OC=O. The summed E-state index contributed by atoms with van der Waals surface area (Å²) in [4.78, 5) is 21.3. The molecule has 15 heavy (non-hydrogen) atoms. The second kappa shape index (κ2) is 5.91. The molecule has 0 spiro atoms. The number of rotatable bonds is 4. The molecule has 0 unspecified atom stereocenters. The van der Waals surface area contributed by atoms with Crippen molar-refractivity contribution in [2.24, 2.45) is 0 Å². The summed E-state index contributed by atoms with van der Waals surface area (Å²) in [5.41, 5.74) is -0.605. The van der Waals surface area contributed by atoms with Crippen LogP contribution in [0, 0.1) is 12.3 Å². The fourth-order valence-corrected chi connectivity index (χ4v) is 0.746. The molecular weight excluding hydrogens is 198 g/mol. The Bertz CT molecular complexity index is 262. The van der Waals surface area contributed by atoms with Crippen LogP contribution in [-0.4, -0.2) is 24.4 Å². The maximum atomic E-state index is 11.2. The van der Waals surface area contributed by atoms with Gasteiger partial charge in [0.2, 0.25) is 0 Å². The molecular formula is C10H15NO4. The molecule has 0 fully saturated rings. The summed E-state index contributed by atoms with van der Waals surface area (Å²) in [6.45, 7) is 5.40. The second-order valence-corrected chi connectivity index (χ2v) is 3.78. The predicted molar refractivity (Wildman–Crippen MR) is 53.8 cm³/mol. The first-order valence-corrected chi connectivity index (χ1v) is 4.41. The zero-order valence-electron chi connectivity index (χ0n) is 9.07. The van der Waals surface area contributed by atoms with Gasteiger partial charge in [-0.25, -0.2) is 4.79 Å². The van der Waals surface area contributed by atoms with Crippen molar-refractivity contribution in [1.82, 2.24) is 5.32 Å². The summed E-state index contributed by atoms with van der Waals surface area (Å²) in [6.07, 6.45) is 3.60. The average Bonchev–Trinajstić information content (AvgIpc) is 2.00. The highest BCUT2D eigenvalue weighted by atomic mass is 16.6. The molecule has 0 heterocycles. The van der Waals surface area contributed by atoms with Crippen molar-refractivity contribution in [3.05, 3.63) is 0 Å². The van der Waals surface area contributed by atoms with Crippen LogP contribution in [0.25, 0.3) is 0 Å². The smallest absolute Gasteiger partial charge is 0.410 e. The molecule has 0 aliphatic carbocycles. The van der Waals surface area contributed by atoms with Crippen molar-refractivity contribution < 1.29 is 19.1 Å². The van der Waals surface area contributed by atoms with Crippen LogP contribution in [-0.2, 0) is 14.3 Å². The zero-order valence-corrected chi connectivity index (χ0v) is 9.07. The zero-order chi connectivity index (χ0) is 11.9. The molecule has 0 saturated carbocycles. The van der Waals surface area contributed by atoms with Crippen LogP contribution in [0.2, 0.25) is 0 Å². The van der Waals surface area contributed by atoms with Crippen LogP contribution in [0.5, 0.6) is 0 Å². The Balaban J connectivity index is 4.11. The fraction of sp³-hybridized carbons (Fsp3) is 0.600. The molecule has 5 nitrogen and oxygen atoms in total. The van der Waals surface area contributed by atoms with Gasteiger partial charge in [-0.1, -0.05) is 0 Å². The van der Waals surface area contributed by atoms with E-state index in [4.69, 9.17) is 11.2 Å². The predicted octanol–water partition coefficient (Wildman–Crippen LogP) is 1.03. The highest BCUT2D eigenvalue weighted by molar-refractivity contribution is 5.68. The molecule has 0 bridgehead atoms. The second-order valence-electron chi connectivity index (χ2n) is 3.78. The standard InChI is InChI=1S/C10H15NO4/c1-5-6-8(14-7-12)11-9(13)15-10(2,3)4/h1,7-8H,6H2,2-4H3,(H,11,13)/t8-/m0/s1. The maximum absolute atomic E-state index is 11.2. The number of hydrogen-bond donors (Lipinski definition) is 1. The molecule has 0 aromatic carbocycles. The first kappa shape index (κ1) is 13.3. The summed E-state index contributed by atoms with van der Waals surface area (Å²) in [5.74, 6) is 2.27. The number of amides is 1. The van der Waals surface area contributed by atoms with E-state index in [1.807, 2.05) is 0 Å². The molecule has 0 aliphatic heterocycles. The number of carbonyl (C=O) groups is 2. The molecule has 1 atom stereocenters. The van der Waals surface area contributed by atoms with E-state index in [1.165, 1.54) is 0 Å². The van der Waals surface area contributed by atoms with Crippen LogP contribution in [0.15, 0.2) is 0 Å². The molecule has 5 heteroatoms. The minimum absolute atomic E-state index is 0.0952. The van der Waals surface area contributed by atoms with Gasteiger partial charge < -0.3 is 9.47 Å². The summed E-state index contributed by atoms with van der Waals surface area (Å²) >= 11 is 0. The highest BCUT2D eigenvalue weighted by Gasteiger charge is 2.19. The Labute approximate surface area is 89.1 Å². The van der Waals surface area contributed by atoms with Gasteiger partial charge in [0.15, 0.2) is 6.23 Å². The monoisotopic (exact) mass is 213 g/mol. The van der Waals surface area contributed by atoms with E-state index in [0.29, 0.717) is 0 Å². The Morgan fingerprint density at radius 3 is 2.60 bits per heavy atom. The molecule has 0 rings (SSSR count). The molecule has 1 amide bonds. The van der Waals surface area contributed by atoms with E-state index in [9.17, 15) is 9.59 Å². The van der Waals surface area contributed by atoms with Gasteiger partial charge in [0.25, 0.3) is 6.47 Å². The topological polar surface area (TPSA) is 64.6 Å². The Hall–Kier alpha value is -1.70. The van der Waals surface area contributed by atoms with E-state index in [-0.39, 0.29) is 12.9 Å². The van der Waals surface area contributed by atoms with Gasteiger partial charge >= 0.3 is 6.09 Å². The molecule has 84 valence electrons. The van der Waals surface area contributed by atoms with Gasteiger partial charge in [-0.15, -0.1) is 12.3 Å². The molecule has 0 aromatic heterocycles. The van der Waals surface area contributed by atoms with E-state index >= 15 is 0 Å². The lowest BCUT2D eigenvalue weighted by Gasteiger charge is -2.21. The average molecular weight is 213 g/mol. The van der Waals surface area contributed by atoms with Crippen molar-refractivity contribution in [3.8, 4) is 12.3 Å². The van der Waals surface area contributed by atoms with E-state index in [1.54, 1.807) is 20.8 Å². The van der Waals surface area contributed by atoms with E-state index < -0.39 is 17.9 Å². The van der Waals surface area contributed by atoms with Crippen molar-refractivity contribution in [3.63, 3.8) is 0 Å². The molecule has 0 aromatic rings.